The van der Waals surface area contributed by atoms with Crippen molar-refractivity contribution in [2.75, 3.05) is 32.6 Å². The first-order chi connectivity index (χ1) is 14.8. The normalized spacial score (nSPS) is 15.7. The number of carbonyl (C=O) groups excluding carboxylic acids is 1. The van der Waals surface area contributed by atoms with E-state index in [1.165, 1.54) is 17.5 Å². The first-order valence-electron chi connectivity index (χ1n) is 10.1. The van der Waals surface area contributed by atoms with Crippen molar-refractivity contribution in [3.63, 3.8) is 0 Å². The zero-order valence-corrected chi connectivity index (χ0v) is 18.8. The molecule has 8 nitrogen and oxygen atoms in total. The summed E-state index contributed by atoms with van der Waals surface area (Å²) >= 11 is 0. The first-order valence-corrected chi connectivity index (χ1v) is 11.6. The molecule has 3 rings (SSSR count). The molecule has 1 heterocycles. The van der Waals surface area contributed by atoms with Crippen LogP contribution in [0.3, 0.4) is 0 Å². The molecule has 1 atom stereocenters. The van der Waals surface area contributed by atoms with Crippen LogP contribution in [0.2, 0.25) is 0 Å². The molecule has 0 spiro atoms. The van der Waals surface area contributed by atoms with E-state index in [4.69, 9.17) is 14.2 Å². The molecule has 168 valence electrons. The molecular weight excluding hydrogens is 420 g/mol. The number of rotatable bonds is 8. The molecule has 0 radical (unpaired) electrons. The summed E-state index contributed by atoms with van der Waals surface area (Å²) in [4.78, 5) is 12.6. The molecule has 1 unspecified atom stereocenters. The topological polar surface area (TPSA) is 94.2 Å². The van der Waals surface area contributed by atoms with E-state index in [0.717, 1.165) is 19.3 Å². The van der Waals surface area contributed by atoms with E-state index in [1.54, 1.807) is 50.4 Å². The minimum atomic E-state index is -3.72. The van der Waals surface area contributed by atoms with Gasteiger partial charge in [0.15, 0.2) is 6.10 Å². The second-order valence-electron chi connectivity index (χ2n) is 7.26. The number of ether oxygens (including phenoxy) is 3. The smallest absolute Gasteiger partial charge is 0.265 e. The standard InChI is InChI=1S/C22H28N2O6S/c1-16(30-19-10-8-18(28-2)9-11-19)22(25)23-17-7-12-20(29-3)21(15-17)31(26,27)24-13-5-4-6-14-24/h7-12,15-16H,4-6,13-14H2,1-3H3,(H,23,25). The van der Waals surface area contributed by atoms with Gasteiger partial charge in [-0.3, -0.25) is 4.79 Å². The number of carbonyl (C=O) groups is 1. The third kappa shape index (κ3) is 5.48. The first kappa shape index (κ1) is 22.9. The summed E-state index contributed by atoms with van der Waals surface area (Å²) in [6.07, 6.45) is 1.89. The Morgan fingerprint density at radius 1 is 0.968 bits per heavy atom. The highest BCUT2D eigenvalue weighted by Crippen LogP contribution is 2.31. The van der Waals surface area contributed by atoms with E-state index >= 15 is 0 Å². The third-order valence-corrected chi connectivity index (χ3v) is 7.03. The van der Waals surface area contributed by atoms with Crippen LogP contribution in [-0.4, -0.2) is 52.0 Å². The molecule has 1 aliphatic heterocycles. The van der Waals surface area contributed by atoms with Crippen molar-refractivity contribution in [2.24, 2.45) is 0 Å². The molecule has 0 aliphatic carbocycles. The number of benzene rings is 2. The van der Waals surface area contributed by atoms with Crippen LogP contribution in [0.25, 0.3) is 0 Å². The molecule has 0 aromatic heterocycles. The van der Waals surface area contributed by atoms with Crippen molar-refractivity contribution in [3.8, 4) is 17.2 Å². The van der Waals surface area contributed by atoms with E-state index in [2.05, 4.69) is 5.32 Å². The lowest BCUT2D eigenvalue weighted by Gasteiger charge is -2.26. The Hall–Kier alpha value is -2.78. The fraction of sp³-hybridized carbons (Fsp3) is 0.409. The van der Waals surface area contributed by atoms with Gasteiger partial charge in [0.05, 0.1) is 14.2 Å². The Bertz CT molecular complexity index is 1000. The molecule has 9 heteroatoms. The largest absolute Gasteiger partial charge is 0.497 e. The molecule has 1 amide bonds. The molecule has 0 saturated carbocycles. The predicted octanol–water partition coefficient (Wildman–Crippen LogP) is 3.28. The SMILES string of the molecule is COc1ccc(OC(C)C(=O)Nc2ccc(OC)c(S(=O)(=O)N3CCCCC3)c2)cc1. The maximum atomic E-state index is 13.1. The highest BCUT2D eigenvalue weighted by atomic mass is 32.2. The number of hydrogen-bond donors (Lipinski definition) is 1. The van der Waals surface area contributed by atoms with Gasteiger partial charge in [-0.2, -0.15) is 4.31 Å². The third-order valence-electron chi connectivity index (χ3n) is 5.11. The predicted molar refractivity (Wildman–Crippen MR) is 117 cm³/mol. The van der Waals surface area contributed by atoms with Crippen LogP contribution >= 0.6 is 0 Å². The van der Waals surface area contributed by atoms with Gasteiger partial charge in [0.1, 0.15) is 22.1 Å². The van der Waals surface area contributed by atoms with E-state index in [0.29, 0.717) is 30.3 Å². The van der Waals surface area contributed by atoms with Gasteiger partial charge >= 0.3 is 0 Å². The number of nitrogens with zero attached hydrogens (tertiary/aromatic N) is 1. The molecule has 1 N–H and O–H groups in total. The maximum absolute atomic E-state index is 13.1. The van der Waals surface area contributed by atoms with Crippen molar-refractivity contribution >= 4 is 21.6 Å². The van der Waals surface area contributed by atoms with Crippen molar-refractivity contribution in [1.82, 2.24) is 4.31 Å². The fourth-order valence-corrected chi connectivity index (χ4v) is 5.05. The summed E-state index contributed by atoms with van der Waals surface area (Å²) in [6, 6.07) is 11.5. The minimum absolute atomic E-state index is 0.0402. The summed E-state index contributed by atoms with van der Waals surface area (Å²) < 4.78 is 43.8. The lowest BCUT2D eigenvalue weighted by molar-refractivity contribution is -0.122. The number of sulfonamides is 1. The van der Waals surface area contributed by atoms with Crippen LogP contribution < -0.4 is 19.5 Å². The minimum Gasteiger partial charge on any atom is -0.497 e. The Labute approximate surface area is 183 Å². The fourth-order valence-electron chi connectivity index (χ4n) is 3.36. The summed E-state index contributed by atoms with van der Waals surface area (Å²) in [7, 11) is -0.730. The molecular formula is C22H28N2O6S. The number of anilines is 1. The van der Waals surface area contributed by atoms with Crippen LogP contribution in [0.5, 0.6) is 17.2 Å². The lowest BCUT2D eigenvalue weighted by atomic mass is 10.2. The zero-order chi connectivity index (χ0) is 22.4. The van der Waals surface area contributed by atoms with Gasteiger partial charge in [-0.1, -0.05) is 6.42 Å². The molecule has 1 fully saturated rings. The highest BCUT2D eigenvalue weighted by Gasteiger charge is 2.29. The monoisotopic (exact) mass is 448 g/mol. The van der Waals surface area contributed by atoms with Crippen molar-refractivity contribution in [1.29, 1.82) is 0 Å². The lowest BCUT2D eigenvalue weighted by Crippen LogP contribution is -2.36. The maximum Gasteiger partial charge on any atom is 0.265 e. The van der Waals surface area contributed by atoms with Crippen molar-refractivity contribution < 1.29 is 27.4 Å². The second kappa shape index (κ2) is 10.0. The molecule has 2 aromatic rings. The number of amides is 1. The number of methoxy groups -OCH3 is 2. The van der Waals surface area contributed by atoms with Crippen LogP contribution in [0.15, 0.2) is 47.4 Å². The van der Waals surface area contributed by atoms with E-state index in [9.17, 15) is 13.2 Å². The van der Waals surface area contributed by atoms with Gasteiger partial charge in [0, 0.05) is 18.8 Å². The van der Waals surface area contributed by atoms with Gasteiger partial charge in [-0.15, -0.1) is 0 Å². The second-order valence-corrected chi connectivity index (χ2v) is 9.16. The van der Waals surface area contributed by atoms with Gasteiger partial charge in [0.2, 0.25) is 10.0 Å². The molecule has 1 saturated heterocycles. The summed E-state index contributed by atoms with van der Waals surface area (Å²) in [5, 5.41) is 2.72. The summed E-state index contributed by atoms with van der Waals surface area (Å²) in [5.41, 5.74) is 0.353. The Morgan fingerprint density at radius 3 is 2.23 bits per heavy atom. The van der Waals surface area contributed by atoms with Gasteiger partial charge in [0.25, 0.3) is 5.91 Å². The van der Waals surface area contributed by atoms with Crippen LogP contribution in [0.1, 0.15) is 26.2 Å². The molecule has 1 aliphatic rings. The van der Waals surface area contributed by atoms with E-state index < -0.39 is 22.0 Å². The molecule has 0 bridgehead atoms. The Morgan fingerprint density at radius 2 is 1.61 bits per heavy atom. The van der Waals surface area contributed by atoms with Crippen LogP contribution in [-0.2, 0) is 14.8 Å². The molecule has 31 heavy (non-hydrogen) atoms. The Kier molecular flexibility index (Phi) is 7.40. The average Bonchev–Trinajstić information content (AvgIpc) is 2.80. The number of hydrogen-bond acceptors (Lipinski definition) is 6. The van der Waals surface area contributed by atoms with Crippen LogP contribution in [0, 0.1) is 0 Å². The summed E-state index contributed by atoms with van der Waals surface area (Å²) in [5.74, 6) is 1.05. The highest BCUT2D eigenvalue weighted by molar-refractivity contribution is 7.89. The van der Waals surface area contributed by atoms with Crippen molar-refractivity contribution in [2.45, 2.75) is 37.2 Å². The quantitative estimate of drug-likeness (QED) is 0.666. The van der Waals surface area contributed by atoms with E-state index in [-0.39, 0.29) is 10.6 Å². The van der Waals surface area contributed by atoms with Gasteiger partial charge < -0.3 is 19.5 Å². The van der Waals surface area contributed by atoms with Gasteiger partial charge in [-0.05, 0) is 62.2 Å². The molecule has 2 aromatic carbocycles. The number of nitrogens with one attached hydrogen (secondary N) is 1. The average molecular weight is 449 g/mol. The van der Waals surface area contributed by atoms with E-state index in [1.807, 2.05) is 0 Å². The summed E-state index contributed by atoms with van der Waals surface area (Å²) in [6.45, 7) is 2.58. The van der Waals surface area contributed by atoms with Gasteiger partial charge in [-0.25, -0.2) is 8.42 Å². The Balaban J connectivity index is 1.74. The number of piperidine rings is 1. The zero-order valence-electron chi connectivity index (χ0n) is 18.0. The van der Waals surface area contributed by atoms with Crippen LogP contribution in [0.4, 0.5) is 5.69 Å². The van der Waals surface area contributed by atoms with Crippen molar-refractivity contribution in [3.05, 3.63) is 42.5 Å².